The zero-order valence-electron chi connectivity index (χ0n) is 7.01. The second-order valence-electron chi connectivity index (χ2n) is 3.17. The molecular formula is C7H12N4OS. The summed E-state index contributed by atoms with van der Waals surface area (Å²) in [5, 5.41) is 6.83. The standard InChI is InChI=1S/C7H12N4OS/c8-13(9,12)7-5-10-11-4-2-1-3-6(7)11/h1-4,6-7,10H,5H2,(H3,8,9,12). The zero-order chi connectivity index (χ0) is 9.47. The number of nitrogens with one attached hydrogen (secondary N) is 2. The molecule has 3 atom stereocenters. The van der Waals surface area contributed by atoms with Crippen molar-refractivity contribution in [3.8, 4) is 0 Å². The van der Waals surface area contributed by atoms with Gasteiger partial charge in [-0.3, -0.25) is 0 Å². The lowest BCUT2D eigenvalue weighted by Gasteiger charge is -2.24. The number of hydrazine groups is 1. The first-order valence-corrected chi connectivity index (χ1v) is 5.70. The number of fused-ring (bicyclic) bond motifs is 1. The van der Waals surface area contributed by atoms with Gasteiger partial charge in [0, 0.05) is 12.7 Å². The summed E-state index contributed by atoms with van der Waals surface area (Å²) in [5.41, 5.74) is 3.03. The lowest BCUT2D eigenvalue weighted by molar-refractivity contribution is 0.308. The van der Waals surface area contributed by atoms with Crippen molar-refractivity contribution in [2.45, 2.75) is 11.3 Å². The summed E-state index contributed by atoms with van der Waals surface area (Å²) < 4.78 is 18.7. The number of allylic oxidation sites excluding steroid dienone is 2. The average molecular weight is 200 g/mol. The first kappa shape index (κ1) is 8.74. The van der Waals surface area contributed by atoms with Crippen molar-refractivity contribution in [1.29, 1.82) is 4.78 Å². The van der Waals surface area contributed by atoms with Gasteiger partial charge in [-0.15, -0.1) is 0 Å². The van der Waals surface area contributed by atoms with Gasteiger partial charge in [0.2, 0.25) is 0 Å². The third kappa shape index (κ3) is 1.48. The van der Waals surface area contributed by atoms with E-state index in [4.69, 9.17) is 9.92 Å². The fraction of sp³-hybridized carbons (Fsp3) is 0.429. The normalized spacial score (nSPS) is 35.9. The smallest absolute Gasteiger partial charge is 0.109 e. The van der Waals surface area contributed by atoms with Gasteiger partial charge in [0.05, 0.1) is 11.3 Å². The Kier molecular flexibility index (Phi) is 1.90. The monoisotopic (exact) mass is 200 g/mol. The van der Waals surface area contributed by atoms with Gasteiger partial charge in [0.25, 0.3) is 0 Å². The lowest BCUT2D eigenvalue weighted by Crippen LogP contribution is -2.39. The largest absolute Gasteiger partial charge is 0.307 e. The van der Waals surface area contributed by atoms with Crippen LogP contribution in [0.4, 0.5) is 0 Å². The molecule has 6 heteroatoms. The third-order valence-electron chi connectivity index (χ3n) is 2.29. The molecule has 0 spiro atoms. The summed E-state index contributed by atoms with van der Waals surface area (Å²) in [6.07, 6.45) is 7.53. The molecule has 13 heavy (non-hydrogen) atoms. The molecule has 2 rings (SSSR count). The van der Waals surface area contributed by atoms with Gasteiger partial charge in [0.1, 0.15) is 9.92 Å². The summed E-state index contributed by atoms with van der Waals surface area (Å²) in [4.78, 5) is 0. The van der Waals surface area contributed by atoms with Crippen molar-refractivity contribution in [3.05, 3.63) is 24.4 Å². The highest BCUT2D eigenvalue weighted by Crippen LogP contribution is 2.19. The minimum absolute atomic E-state index is 0.0417. The second kappa shape index (κ2) is 2.83. The Hall–Kier alpha value is -0.850. The van der Waals surface area contributed by atoms with Gasteiger partial charge in [0.15, 0.2) is 0 Å². The SMILES string of the molecule is N=S(N)(=O)C1CNN2C=CC=CC12. The van der Waals surface area contributed by atoms with E-state index in [1.807, 2.05) is 29.4 Å². The number of rotatable bonds is 1. The van der Waals surface area contributed by atoms with Crippen LogP contribution in [-0.4, -0.2) is 27.1 Å². The van der Waals surface area contributed by atoms with E-state index in [9.17, 15) is 4.21 Å². The fourth-order valence-corrected chi connectivity index (χ4v) is 2.58. The molecule has 0 aliphatic carbocycles. The summed E-state index contributed by atoms with van der Waals surface area (Å²) in [6, 6.07) is -0.0417. The number of nitrogens with two attached hydrogens (primary N) is 1. The minimum Gasteiger partial charge on any atom is -0.307 e. The number of hydrogen-bond donors (Lipinski definition) is 3. The van der Waals surface area contributed by atoms with Gasteiger partial charge < -0.3 is 5.01 Å². The maximum absolute atomic E-state index is 11.4. The van der Waals surface area contributed by atoms with Crippen LogP contribution in [0.2, 0.25) is 0 Å². The van der Waals surface area contributed by atoms with Gasteiger partial charge in [-0.25, -0.2) is 19.6 Å². The molecule has 2 aliphatic rings. The molecule has 4 N–H and O–H groups in total. The van der Waals surface area contributed by atoms with Crippen LogP contribution in [0.1, 0.15) is 0 Å². The molecule has 3 unspecified atom stereocenters. The van der Waals surface area contributed by atoms with Gasteiger partial charge in [-0.1, -0.05) is 12.2 Å². The quantitative estimate of drug-likeness (QED) is 0.536. The molecular weight excluding hydrogens is 188 g/mol. The topological polar surface area (TPSA) is 82.2 Å². The minimum atomic E-state index is -2.96. The average Bonchev–Trinajstić information content (AvgIpc) is 2.45. The Morgan fingerprint density at radius 3 is 3.08 bits per heavy atom. The van der Waals surface area contributed by atoms with Crippen LogP contribution in [0.15, 0.2) is 24.4 Å². The lowest BCUT2D eigenvalue weighted by atomic mass is 10.2. The number of nitrogens with zero attached hydrogens (tertiary/aromatic N) is 1. The molecule has 0 aromatic carbocycles. The summed E-state index contributed by atoms with van der Waals surface area (Å²) >= 11 is 0. The molecule has 5 nitrogen and oxygen atoms in total. The Labute approximate surface area is 77.4 Å². The van der Waals surface area contributed by atoms with Gasteiger partial charge in [-0.05, 0) is 6.08 Å². The van der Waals surface area contributed by atoms with E-state index in [0.29, 0.717) is 6.54 Å². The van der Waals surface area contributed by atoms with Crippen LogP contribution < -0.4 is 10.6 Å². The van der Waals surface area contributed by atoms with Crippen LogP contribution in [0.3, 0.4) is 0 Å². The van der Waals surface area contributed by atoms with Gasteiger partial charge >= 0.3 is 0 Å². The van der Waals surface area contributed by atoms with Crippen molar-refractivity contribution in [2.24, 2.45) is 5.14 Å². The Morgan fingerprint density at radius 1 is 1.62 bits per heavy atom. The van der Waals surface area contributed by atoms with E-state index < -0.39 is 9.92 Å². The van der Waals surface area contributed by atoms with Crippen molar-refractivity contribution >= 4 is 9.92 Å². The first-order chi connectivity index (χ1) is 6.09. The van der Waals surface area contributed by atoms with Gasteiger partial charge in [-0.2, -0.15) is 0 Å². The van der Waals surface area contributed by atoms with Crippen LogP contribution in [0.25, 0.3) is 0 Å². The Balaban J connectivity index is 2.28. The second-order valence-corrected chi connectivity index (χ2v) is 5.07. The molecule has 0 bridgehead atoms. The third-order valence-corrected chi connectivity index (χ3v) is 3.64. The van der Waals surface area contributed by atoms with Crippen LogP contribution >= 0.6 is 0 Å². The van der Waals surface area contributed by atoms with Crippen molar-refractivity contribution in [2.75, 3.05) is 6.54 Å². The summed E-state index contributed by atoms with van der Waals surface area (Å²) in [7, 11) is -2.96. The molecule has 0 radical (unpaired) electrons. The summed E-state index contributed by atoms with van der Waals surface area (Å²) in [6.45, 7) is 0.498. The highest BCUT2D eigenvalue weighted by molar-refractivity contribution is 7.90. The summed E-state index contributed by atoms with van der Waals surface area (Å²) in [5.74, 6) is 0. The van der Waals surface area contributed by atoms with Crippen molar-refractivity contribution in [1.82, 2.24) is 10.4 Å². The van der Waals surface area contributed by atoms with E-state index in [2.05, 4.69) is 5.43 Å². The van der Waals surface area contributed by atoms with Crippen LogP contribution in [0.5, 0.6) is 0 Å². The molecule has 0 aromatic heterocycles. The maximum atomic E-state index is 11.4. The Bertz CT molecular complexity index is 359. The molecule has 0 amide bonds. The van der Waals surface area contributed by atoms with Crippen molar-refractivity contribution in [3.63, 3.8) is 0 Å². The van der Waals surface area contributed by atoms with Crippen LogP contribution in [0, 0.1) is 4.78 Å². The predicted octanol–water partition coefficient (Wildman–Crippen LogP) is -0.452. The molecule has 0 aromatic rings. The maximum Gasteiger partial charge on any atom is 0.109 e. The van der Waals surface area contributed by atoms with E-state index in [0.717, 1.165) is 0 Å². The van der Waals surface area contributed by atoms with E-state index >= 15 is 0 Å². The predicted molar refractivity (Wildman–Crippen MR) is 50.7 cm³/mol. The van der Waals surface area contributed by atoms with Crippen LogP contribution in [-0.2, 0) is 9.92 Å². The Morgan fingerprint density at radius 2 is 2.38 bits per heavy atom. The van der Waals surface area contributed by atoms with Crippen molar-refractivity contribution < 1.29 is 4.21 Å². The molecule has 1 fully saturated rings. The van der Waals surface area contributed by atoms with E-state index in [1.54, 1.807) is 0 Å². The molecule has 72 valence electrons. The molecule has 2 heterocycles. The molecule has 0 saturated carbocycles. The highest BCUT2D eigenvalue weighted by atomic mass is 32.2. The first-order valence-electron chi connectivity index (χ1n) is 4.01. The molecule has 2 aliphatic heterocycles. The molecule has 1 saturated heterocycles. The zero-order valence-corrected chi connectivity index (χ0v) is 7.83. The number of hydrogen-bond acceptors (Lipinski definition) is 4. The highest BCUT2D eigenvalue weighted by Gasteiger charge is 2.36. The fourth-order valence-electron chi connectivity index (χ4n) is 1.62. The van der Waals surface area contributed by atoms with E-state index in [1.165, 1.54) is 0 Å². The van der Waals surface area contributed by atoms with E-state index in [-0.39, 0.29) is 11.3 Å².